The minimum atomic E-state index is 0.0609. The number of likely N-dealkylation sites (tertiary alicyclic amines) is 1. The number of rotatable bonds is 4. The molecule has 1 aliphatic carbocycles. The first kappa shape index (κ1) is 18.7. The number of anilines is 1. The van der Waals surface area contributed by atoms with E-state index in [0.717, 1.165) is 57.3 Å². The fourth-order valence-electron chi connectivity index (χ4n) is 4.68. The molecule has 0 bridgehead atoms. The van der Waals surface area contributed by atoms with Gasteiger partial charge in [-0.1, -0.05) is 13.8 Å². The molecule has 1 aromatic rings. The fraction of sp³-hybridized carbons (Fsp3) is 0.762. The van der Waals surface area contributed by atoms with Gasteiger partial charge >= 0.3 is 0 Å². The topological polar surface area (TPSA) is 52.6 Å². The van der Waals surface area contributed by atoms with Crippen LogP contribution in [0.1, 0.15) is 57.4 Å². The number of carbonyl (C=O) groups is 1. The summed E-state index contributed by atoms with van der Waals surface area (Å²) >= 11 is 0. The van der Waals surface area contributed by atoms with Crippen LogP contribution in [-0.2, 0) is 4.79 Å². The van der Waals surface area contributed by atoms with Crippen LogP contribution in [0.2, 0.25) is 0 Å². The molecule has 3 fully saturated rings. The number of carbonyl (C=O) groups excluding carboxylic acids is 1. The molecule has 1 amide bonds. The summed E-state index contributed by atoms with van der Waals surface area (Å²) in [6.07, 6.45) is 8.91. The SMILES string of the molecule is CC(C)c1cncnc1N1CCN(C)C2(CCC(=O)N(CC3CC3)CC2)C1. The van der Waals surface area contributed by atoms with E-state index in [4.69, 9.17) is 0 Å². The Morgan fingerprint density at radius 1 is 1.22 bits per heavy atom. The second-order valence-corrected chi connectivity index (χ2v) is 9.06. The molecule has 1 saturated carbocycles. The first-order valence-electron chi connectivity index (χ1n) is 10.5. The van der Waals surface area contributed by atoms with E-state index < -0.39 is 0 Å². The molecule has 1 spiro atoms. The van der Waals surface area contributed by atoms with Gasteiger partial charge in [-0.25, -0.2) is 9.97 Å². The van der Waals surface area contributed by atoms with Gasteiger partial charge in [0.2, 0.25) is 5.91 Å². The quantitative estimate of drug-likeness (QED) is 0.814. The van der Waals surface area contributed by atoms with Crippen LogP contribution in [-0.4, -0.2) is 71.0 Å². The highest BCUT2D eigenvalue weighted by atomic mass is 16.2. The molecule has 4 rings (SSSR count). The molecule has 6 nitrogen and oxygen atoms in total. The van der Waals surface area contributed by atoms with E-state index in [1.165, 1.54) is 18.4 Å². The van der Waals surface area contributed by atoms with Crippen LogP contribution in [0.4, 0.5) is 5.82 Å². The van der Waals surface area contributed by atoms with Gasteiger partial charge in [0.05, 0.1) is 0 Å². The van der Waals surface area contributed by atoms with Crippen molar-refractivity contribution in [2.24, 2.45) is 5.92 Å². The van der Waals surface area contributed by atoms with E-state index in [0.29, 0.717) is 18.2 Å². The van der Waals surface area contributed by atoms with E-state index in [1.807, 2.05) is 6.20 Å². The summed E-state index contributed by atoms with van der Waals surface area (Å²) in [6.45, 7) is 9.22. The van der Waals surface area contributed by atoms with Gasteiger partial charge in [-0.2, -0.15) is 0 Å². The molecule has 3 heterocycles. The maximum Gasteiger partial charge on any atom is 0.222 e. The van der Waals surface area contributed by atoms with Crippen LogP contribution in [0.5, 0.6) is 0 Å². The van der Waals surface area contributed by atoms with Crippen molar-refractivity contribution in [2.75, 3.05) is 44.7 Å². The van der Waals surface area contributed by atoms with E-state index in [2.05, 4.69) is 45.6 Å². The number of aromatic nitrogens is 2. The molecule has 0 N–H and O–H groups in total. The van der Waals surface area contributed by atoms with Gasteiger partial charge in [-0.05, 0) is 44.6 Å². The normalized spacial score (nSPS) is 27.5. The Hall–Kier alpha value is -1.69. The molecule has 1 unspecified atom stereocenters. The number of likely N-dealkylation sites (N-methyl/N-ethyl adjacent to an activating group) is 1. The summed E-state index contributed by atoms with van der Waals surface area (Å²) in [7, 11) is 2.24. The van der Waals surface area contributed by atoms with Crippen LogP contribution in [0.25, 0.3) is 0 Å². The lowest BCUT2D eigenvalue weighted by Crippen LogP contribution is -2.61. The van der Waals surface area contributed by atoms with E-state index in [1.54, 1.807) is 6.33 Å². The van der Waals surface area contributed by atoms with Crippen molar-refractivity contribution in [2.45, 2.75) is 57.4 Å². The minimum Gasteiger partial charge on any atom is -0.353 e. The van der Waals surface area contributed by atoms with Gasteiger partial charge in [-0.15, -0.1) is 0 Å². The predicted molar refractivity (Wildman–Crippen MR) is 107 cm³/mol. The molecule has 0 radical (unpaired) electrons. The number of amides is 1. The first-order valence-corrected chi connectivity index (χ1v) is 10.5. The summed E-state index contributed by atoms with van der Waals surface area (Å²) < 4.78 is 0. The highest BCUT2D eigenvalue weighted by Gasteiger charge is 2.43. The fourth-order valence-corrected chi connectivity index (χ4v) is 4.68. The number of hydrogen-bond acceptors (Lipinski definition) is 5. The van der Waals surface area contributed by atoms with Crippen molar-refractivity contribution in [1.82, 2.24) is 19.8 Å². The Morgan fingerprint density at radius 2 is 2.04 bits per heavy atom. The van der Waals surface area contributed by atoms with Crippen LogP contribution in [0, 0.1) is 5.92 Å². The molecular formula is C21H33N5O. The molecule has 0 aromatic carbocycles. The average Bonchev–Trinajstić information content (AvgIpc) is 3.50. The molecule has 6 heteroatoms. The summed E-state index contributed by atoms with van der Waals surface area (Å²) in [5, 5.41) is 0. The van der Waals surface area contributed by atoms with Crippen molar-refractivity contribution in [1.29, 1.82) is 0 Å². The molecule has 2 aliphatic heterocycles. The lowest BCUT2D eigenvalue weighted by Gasteiger charge is -2.50. The number of hydrogen-bond donors (Lipinski definition) is 0. The Balaban J connectivity index is 1.54. The Labute approximate surface area is 162 Å². The molecule has 1 atom stereocenters. The Morgan fingerprint density at radius 3 is 2.78 bits per heavy atom. The van der Waals surface area contributed by atoms with Crippen molar-refractivity contribution < 1.29 is 4.79 Å². The smallest absolute Gasteiger partial charge is 0.222 e. The summed E-state index contributed by atoms with van der Waals surface area (Å²) in [5.41, 5.74) is 1.28. The van der Waals surface area contributed by atoms with Gasteiger partial charge in [0.25, 0.3) is 0 Å². The summed E-state index contributed by atoms with van der Waals surface area (Å²) in [4.78, 5) is 28.7. The minimum absolute atomic E-state index is 0.0609. The maximum absolute atomic E-state index is 12.7. The largest absolute Gasteiger partial charge is 0.353 e. The van der Waals surface area contributed by atoms with Gasteiger partial charge in [-0.3, -0.25) is 9.69 Å². The molecule has 148 valence electrons. The standard InChI is InChI=1S/C21H33N5O/c1-16(2)18-12-22-15-23-20(18)26-11-10-24(3)21(14-26)7-6-19(27)25(9-8-21)13-17-4-5-17/h12,15-17H,4-11,13-14H2,1-3H3. The third kappa shape index (κ3) is 3.82. The van der Waals surface area contributed by atoms with Crippen LogP contribution < -0.4 is 4.90 Å². The van der Waals surface area contributed by atoms with Crippen LogP contribution in [0.3, 0.4) is 0 Å². The lowest BCUT2D eigenvalue weighted by molar-refractivity contribution is -0.130. The van der Waals surface area contributed by atoms with Crippen molar-refractivity contribution in [3.8, 4) is 0 Å². The molecule has 2 saturated heterocycles. The molecule has 3 aliphatic rings. The van der Waals surface area contributed by atoms with Crippen LogP contribution >= 0.6 is 0 Å². The summed E-state index contributed by atoms with van der Waals surface area (Å²) in [6, 6.07) is 0. The maximum atomic E-state index is 12.7. The van der Waals surface area contributed by atoms with E-state index >= 15 is 0 Å². The molecular weight excluding hydrogens is 338 g/mol. The number of nitrogens with zero attached hydrogens (tertiary/aromatic N) is 5. The first-order chi connectivity index (χ1) is 13.0. The zero-order chi connectivity index (χ0) is 19.0. The Bertz CT molecular complexity index is 689. The summed E-state index contributed by atoms with van der Waals surface area (Å²) in [5.74, 6) is 2.60. The van der Waals surface area contributed by atoms with Crippen molar-refractivity contribution in [3.63, 3.8) is 0 Å². The number of piperazine rings is 1. The third-order valence-corrected chi connectivity index (χ3v) is 6.82. The Kier molecular flexibility index (Phi) is 5.10. The average molecular weight is 372 g/mol. The predicted octanol–water partition coefficient (Wildman–Crippen LogP) is 2.51. The van der Waals surface area contributed by atoms with Gasteiger partial charge in [0.1, 0.15) is 12.1 Å². The monoisotopic (exact) mass is 371 g/mol. The van der Waals surface area contributed by atoms with Crippen molar-refractivity contribution in [3.05, 3.63) is 18.1 Å². The molecule has 1 aromatic heterocycles. The molecule has 27 heavy (non-hydrogen) atoms. The van der Waals surface area contributed by atoms with Gasteiger partial charge in [0, 0.05) is 56.4 Å². The van der Waals surface area contributed by atoms with Crippen LogP contribution in [0.15, 0.2) is 12.5 Å². The highest BCUT2D eigenvalue weighted by molar-refractivity contribution is 5.76. The second kappa shape index (κ2) is 7.38. The van der Waals surface area contributed by atoms with Crippen molar-refractivity contribution >= 4 is 11.7 Å². The zero-order valence-electron chi connectivity index (χ0n) is 17.0. The highest BCUT2D eigenvalue weighted by Crippen LogP contribution is 2.37. The third-order valence-electron chi connectivity index (χ3n) is 6.82. The van der Waals surface area contributed by atoms with E-state index in [-0.39, 0.29) is 5.54 Å². The second-order valence-electron chi connectivity index (χ2n) is 9.06. The zero-order valence-corrected chi connectivity index (χ0v) is 17.0. The van der Waals surface area contributed by atoms with E-state index in [9.17, 15) is 4.79 Å². The van der Waals surface area contributed by atoms with Gasteiger partial charge in [0.15, 0.2) is 0 Å². The lowest BCUT2D eigenvalue weighted by atomic mass is 9.86. The van der Waals surface area contributed by atoms with Gasteiger partial charge < -0.3 is 9.80 Å².